The third-order valence-electron chi connectivity index (χ3n) is 5.14. The van der Waals surface area contributed by atoms with Gasteiger partial charge in [-0.2, -0.15) is 0 Å². The van der Waals surface area contributed by atoms with Crippen LogP contribution in [0.5, 0.6) is 5.75 Å². The molecule has 0 aliphatic carbocycles. The Kier molecular flexibility index (Phi) is 5.42. The van der Waals surface area contributed by atoms with E-state index in [2.05, 4.69) is 30.0 Å². The van der Waals surface area contributed by atoms with Crippen LogP contribution in [0.3, 0.4) is 0 Å². The first kappa shape index (κ1) is 19.0. The molecule has 6 heteroatoms. The fourth-order valence-corrected chi connectivity index (χ4v) is 4.85. The van der Waals surface area contributed by atoms with Gasteiger partial charge in [-0.3, -0.25) is 9.69 Å². The Hall–Kier alpha value is -2.31. The Balaban J connectivity index is 1.58. The molecule has 2 heterocycles. The normalized spacial score (nSPS) is 18.4. The van der Waals surface area contributed by atoms with Gasteiger partial charge in [0, 0.05) is 18.8 Å². The van der Waals surface area contributed by atoms with Gasteiger partial charge in [-0.25, -0.2) is 0 Å². The molecule has 0 N–H and O–H groups in total. The summed E-state index contributed by atoms with van der Waals surface area (Å²) in [6.45, 7) is 4.34. The lowest BCUT2D eigenvalue weighted by Crippen LogP contribution is -2.27. The van der Waals surface area contributed by atoms with Crippen LogP contribution in [-0.4, -0.2) is 30.4 Å². The number of benzene rings is 2. The standard InChI is InChI=1S/C22H22N2O2S2/c1-15-13-18(23-11-3-4-12-23)6-5-16(15)14-20-21(25)24(22(27)28-20)17-7-9-19(26-2)10-8-17/h5-10,13-14H,3-4,11-12H2,1-2H3/b20-14-. The molecule has 28 heavy (non-hydrogen) atoms. The van der Waals surface area contributed by atoms with Gasteiger partial charge < -0.3 is 9.64 Å². The Morgan fingerprint density at radius 3 is 2.39 bits per heavy atom. The summed E-state index contributed by atoms with van der Waals surface area (Å²) in [5, 5.41) is 0. The molecule has 0 bridgehead atoms. The second kappa shape index (κ2) is 7.97. The molecule has 0 aromatic heterocycles. The number of hydrogen-bond acceptors (Lipinski definition) is 5. The number of carbonyl (C=O) groups is 1. The molecular weight excluding hydrogens is 388 g/mol. The number of anilines is 2. The Morgan fingerprint density at radius 2 is 1.75 bits per heavy atom. The summed E-state index contributed by atoms with van der Waals surface area (Å²) in [7, 11) is 1.62. The molecule has 0 saturated carbocycles. The smallest absolute Gasteiger partial charge is 0.270 e. The van der Waals surface area contributed by atoms with Crippen LogP contribution >= 0.6 is 24.0 Å². The lowest BCUT2D eigenvalue weighted by atomic mass is 10.1. The zero-order chi connectivity index (χ0) is 19.7. The predicted molar refractivity (Wildman–Crippen MR) is 121 cm³/mol. The van der Waals surface area contributed by atoms with Gasteiger partial charge in [-0.1, -0.05) is 30.0 Å². The average Bonchev–Trinajstić information content (AvgIpc) is 3.32. The molecule has 2 aliphatic heterocycles. The molecular formula is C22H22N2O2S2. The lowest BCUT2D eigenvalue weighted by molar-refractivity contribution is -0.113. The number of ether oxygens (including phenoxy) is 1. The van der Waals surface area contributed by atoms with Gasteiger partial charge in [-0.05, 0) is 73.4 Å². The number of rotatable bonds is 4. The van der Waals surface area contributed by atoms with E-state index in [-0.39, 0.29) is 5.91 Å². The maximum atomic E-state index is 13.0. The van der Waals surface area contributed by atoms with Gasteiger partial charge in [0.25, 0.3) is 5.91 Å². The zero-order valence-corrected chi connectivity index (χ0v) is 17.6. The topological polar surface area (TPSA) is 32.8 Å². The van der Waals surface area contributed by atoms with Crippen LogP contribution in [0.15, 0.2) is 47.4 Å². The maximum absolute atomic E-state index is 13.0. The fourth-order valence-electron chi connectivity index (χ4n) is 3.56. The van der Waals surface area contributed by atoms with Gasteiger partial charge in [0.05, 0.1) is 17.7 Å². The number of methoxy groups -OCH3 is 1. The van der Waals surface area contributed by atoms with E-state index >= 15 is 0 Å². The van der Waals surface area contributed by atoms with E-state index in [9.17, 15) is 4.79 Å². The van der Waals surface area contributed by atoms with E-state index in [1.807, 2.05) is 30.3 Å². The quantitative estimate of drug-likeness (QED) is 0.523. The van der Waals surface area contributed by atoms with Crippen molar-refractivity contribution in [3.8, 4) is 5.75 Å². The van der Waals surface area contributed by atoms with E-state index in [0.717, 1.165) is 30.1 Å². The lowest BCUT2D eigenvalue weighted by Gasteiger charge is -2.18. The molecule has 2 fully saturated rings. The van der Waals surface area contributed by atoms with E-state index < -0.39 is 0 Å². The summed E-state index contributed by atoms with van der Waals surface area (Å²) in [5.41, 5.74) is 4.24. The highest BCUT2D eigenvalue weighted by Gasteiger charge is 2.33. The van der Waals surface area contributed by atoms with Crippen LogP contribution in [0.4, 0.5) is 11.4 Å². The van der Waals surface area contributed by atoms with Crippen LogP contribution in [0.25, 0.3) is 6.08 Å². The van der Waals surface area contributed by atoms with Crippen molar-refractivity contribution in [2.45, 2.75) is 19.8 Å². The van der Waals surface area contributed by atoms with Gasteiger partial charge in [0.2, 0.25) is 0 Å². The molecule has 2 aliphatic rings. The first-order valence-electron chi connectivity index (χ1n) is 9.34. The number of thioether (sulfide) groups is 1. The highest BCUT2D eigenvalue weighted by molar-refractivity contribution is 8.27. The molecule has 0 atom stereocenters. The van der Waals surface area contributed by atoms with Crippen molar-refractivity contribution in [2.24, 2.45) is 0 Å². The number of aryl methyl sites for hydroxylation is 1. The van der Waals surface area contributed by atoms with Gasteiger partial charge in [0.1, 0.15) is 5.75 Å². The molecule has 4 nitrogen and oxygen atoms in total. The van der Waals surface area contributed by atoms with E-state index in [0.29, 0.717) is 9.23 Å². The highest BCUT2D eigenvalue weighted by Crippen LogP contribution is 2.37. The molecule has 0 radical (unpaired) electrons. The number of carbonyl (C=O) groups excluding carboxylic acids is 1. The minimum Gasteiger partial charge on any atom is -0.497 e. The van der Waals surface area contributed by atoms with Crippen molar-refractivity contribution >= 4 is 51.7 Å². The van der Waals surface area contributed by atoms with Crippen molar-refractivity contribution < 1.29 is 9.53 Å². The van der Waals surface area contributed by atoms with E-state index in [4.69, 9.17) is 17.0 Å². The second-order valence-corrected chi connectivity index (χ2v) is 8.63. The molecule has 2 saturated heterocycles. The van der Waals surface area contributed by atoms with Crippen LogP contribution in [0.1, 0.15) is 24.0 Å². The van der Waals surface area contributed by atoms with Crippen molar-refractivity contribution in [2.75, 3.05) is 30.0 Å². The minimum atomic E-state index is -0.0804. The SMILES string of the molecule is COc1ccc(N2C(=O)/C(=C/c3ccc(N4CCCC4)cc3C)SC2=S)cc1. The van der Waals surface area contributed by atoms with E-state index in [1.54, 1.807) is 12.0 Å². The maximum Gasteiger partial charge on any atom is 0.270 e. The van der Waals surface area contributed by atoms with Gasteiger partial charge in [-0.15, -0.1) is 0 Å². The molecule has 2 aromatic carbocycles. The Labute approximate surface area is 175 Å². The zero-order valence-electron chi connectivity index (χ0n) is 16.0. The number of nitrogens with zero attached hydrogens (tertiary/aromatic N) is 2. The number of hydrogen-bond donors (Lipinski definition) is 0. The molecule has 2 aromatic rings. The van der Waals surface area contributed by atoms with Crippen molar-refractivity contribution in [3.63, 3.8) is 0 Å². The monoisotopic (exact) mass is 410 g/mol. The minimum absolute atomic E-state index is 0.0804. The Bertz CT molecular complexity index is 948. The number of thiocarbonyl (C=S) groups is 1. The van der Waals surface area contributed by atoms with Gasteiger partial charge in [0.15, 0.2) is 4.32 Å². The Morgan fingerprint density at radius 1 is 1.07 bits per heavy atom. The van der Waals surface area contributed by atoms with Gasteiger partial charge >= 0.3 is 0 Å². The molecule has 4 rings (SSSR count). The molecule has 1 amide bonds. The third kappa shape index (κ3) is 3.66. The second-order valence-electron chi connectivity index (χ2n) is 6.95. The average molecular weight is 411 g/mol. The third-order valence-corrected chi connectivity index (χ3v) is 6.44. The molecule has 0 unspecified atom stereocenters. The summed E-state index contributed by atoms with van der Waals surface area (Å²) in [6, 6.07) is 13.8. The van der Waals surface area contributed by atoms with Crippen LogP contribution < -0.4 is 14.5 Å². The molecule has 0 spiro atoms. The summed E-state index contributed by atoms with van der Waals surface area (Å²) >= 11 is 6.82. The molecule has 144 valence electrons. The summed E-state index contributed by atoms with van der Waals surface area (Å²) < 4.78 is 5.74. The first-order valence-corrected chi connectivity index (χ1v) is 10.6. The fraction of sp³-hybridized carbons (Fsp3) is 0.273. The summed E-state index contributed by atoms with van der Waals surface area (Å²) in [5.74, 6) is 0.668. The highest BCUT2D eigenvalue weighted by atomic mass is 32.2. The van der Waals surface area contributed by atoms with E-state index in [1.165, 1.54) is 35.9 Å². The van der Waals surface area contributed by atoms with Crippen molar-refractivity contribution in [1.82, 2.24) is 0 Å². The van der Waals surface area contributed by atoms with Crippen molar-refractivity contribution in [1.29, 1.82) is 0 Å². The number of amides is 1. The summed E-state index contributed by atoms with van der Waals surface area (Å²) in [6.07, 6.45) is 4.47. The predicted octanol–water partition coefficient (Wildman–Crippen LogP) is 5.01. The van der Waals surface area contributed by atoms with Crippen LogP contribution in [-0.2, 0) is 4.79 Å². The van der Waals surface area contributed by atoms with Crippen molar-refractivity contribution in [3.05, 3.63) is 58.5 Å². The largest absolute Gasteiger partial charge is 0.497 e. The van der Waals surface area contributed by atoms with Crippen LogP contribution in [0, 0.1) is 6.92 Å². The van der Waals surface area contributed by atoms with Crippen LogP contribution in [0.2, 0.25) is 0 Å². The first-order chi connectivity index (χ1) is 13.6. The summed E-state index contributed by atoms with van der Waals surface area (Å²) in [4.78, 5) is 17.6.